The van der Waals surface area contributed by atoms with E-state index in [0.717, 1.165) is 4.90 Å². The van der Waals surface area contributed by atoms with Crippen LogP contribution < -0.4 is 10.2 Å². The summed E-state index contributed by atoms with van der Waals surface area (Å²) in [4.78, 5) is 13.5. The third-order valence-electron chi connectivity index (χ3n) is 3.44. The molecule has 0 saturated heterocycles. The fourth-order valence-electron chi connectivity index (χ4n) is 2.07. The number of amides is 1. The highest BCUT2D eigenvalue weighted by molar-refractivity contribution is 6.45. The van der Waals surface area contributed by atoms with Crippen molar-refractivity contribution in [1.82, 2.24) is 10.5 Å². The molecule has 6 nitrogen and oxygen atoms in total. The van der Waals surface area contributed by atoms with Crippen LogP contribution >= 0.6 is 11.6 Å². The van der Waals surface area contributed by atoms with Crippen LogP contribution in [0.4, 0.5) is 5.82 Å². The van der Waals surface area contributed by atoms with Gasteiger partial charge in [0.2, 0.25) is 0 Å². The first kappa shape index (κ1) is 17.8. The van der Waals surface area contributed by atoms with E-state index in [2.05, 4.69) is 10.5 Å². The summed E-state index contributed by atoms with van der Waals surface area (Å²) < 4.78 is 5.29. The van der Waals surface area contributed by atoms with Gasteiger partial charge in [-0.3, -0.25) is 9.69 Å². The lowest BCUT2D eigenvalue weighted by molar-refractivity contribution is -0.115. The van der Waals surface area contributed by atoms with Crippen molar-refractivity contribution in [3.05, 3.63) is 22.6 Å². The molecule has 1 aromatic heterocycles. The van der Waals surface area contributed by atoms with Crippen LogP contribution in [-0.4, -0.2) is 28.9 Å². The first-order valence-electron chi connectivity index (χ1n) is 7.54. The van der Waals surface area contributed by atoms with Crippen molar-refractivity contribution in [2.75, 3.05) is 11.4 Å². The second-order valence-corrected chi connectivity index (χ2v) is 8.37. The maximum absolute atomic E-state index is 12.4. The van der Waals surface area contributed by atoms with Crippen molar-refractivity contribution in [2.24, 2.45) is 5.41 Å². The molecule has 0 bridgehead atoms. The van der Waals surface area contributed by atoms with E-state index in [-0.39, 0.29) is 21.7 Å². The Hall–Kier alpha value is -1.53. The Morgan fingerprint density at radius 1 is 1.35 bits per heavy atom. The van der Waals surface area contributed by atoms with Crippen molar-refractivity contribution in [3.8, 4) is 0 Å². The number of nitrogens with one attached hydrogen (secondary N) is 1. The van der Waals surface area contributed by atoms with Gasteiger partial charge in [0.25, 0.3) is 5.91 Å². The van der Waals surface area contributed by atoms with Gasteiger partial charge in [-0.25, -0.2) is 0 Å². The van der Waals surface area contributed by atoms with E-state index in [1.165, 1.54) is 0 Å². The lowest BCUT2D eigenvalue weighted by Gasteiger charge is -2.23. The van der Waals surface area contributed by atoms with Crippen LogP contribution in [0.5, 0.6) is 0 Å². The third kappa shape index (κ3) is 3.70. The molecule has 2 N–H and O–H groups in total. The summed E-state index contributed by atoms with van der Waals surface area (Å²) in [6.45, 7) is 12.6. The lowest BCUT2D eigenvalue weighted by atomic mass is 9.93. The van der Waals surface area contributed by atoms with Gasteiger partial charge in [-0.1, -0.05) is 58.3 Å². The summed E-state index contributed by atoms with van der Waals surface area (Å²) in [5.74, 6) is 0.377. The van der Waals surface area contributed by atoms with E-state index in [0.29, 0.717) is 18.0 Å². The average Bonchev–Trinajstić information content (AvgIpc) is 2.93. The molecule has 1 amide bonds. The van der Waals surface area contributed by atoms with Gasteiger partial charge in [-0.2, -0.15) is 0 Å². The summed E-state index contributed by atoms with van der Waals surface area (Å²) >= 11 is 6.10. The molecule has 0 fully saturated rings. The highest BCUT2D eigenvalue weighted by atomic mass is 35.5. The summed E-state index contributed by atoms with van der Waals surface area (Å²) in [5, 5.41) is 17.4. The molecule has 1 atom stereocenters. The predicted molar refractivity (Wildman–Crippen MR) is 89.0 cm³/mol. The number of aliphatic hydroxyl groups is 1. The molecule has 0 radical (unpaired) electrons. The quantitative estimate of drug-likeness (QED) is 0.883. The van der Waals surface area contributed by atoms with Crippen LogP contribution in [-0.2, 0) is 10.2 Å². The SMILES string of the molecule is CC(C)(C)CNC1=C(Cl)C(=O)N(c2cc(C(C)(C)C)on2)C1O. The van der Waals surface area contributed by atoms with Crippen molar-refractivity contribution in [2.45, 2.75) is 53.2 Å². The summed E-state index contributed by atoms with van der Waals surface area (Å²) in [7, 11) is 0. The fourth-order valence-corrected chi connectivity index (χ4v) is 2.32. The first-order chi connectivity index (χ1) is 10.4. The van der Waals surface area contributed by atoms with Crippen LogP contribution in [0.3, 0.4) is 0 Å². The normalized spacial score (nSPS) is 19.7. The maximum Gasteiger partial charge on any atom is 0.275 e. The van der Waals surface area contributed by atoms with Gasteiger partial charge in [0.15, 0.2) is 12.0 Å². The number of carbonyl (C=O) groups is 1. The first-order valence-corrected chi connectivity index (χ1v) is 7.92. The summed E-state index contributed by atoms with van der Waals surface area (Å²) in [6, 6.07) is 1.65. The van der Waals surface area contributed by atoms with Crippen LogP contribution in [0.25, 0.3) is 0 Å². The third-order valence-corrected chi connectivity index (χ3v) is 3.80. The number of anilines is 1. The smallest absolute Gasteiger partial charge is 0.275 e. The molecule has 0 aliphatic carbocycles. The number of halogens is 1. The molecule has 1 unspecified atom stereocenters. The molecule has 1 aliphatic heterocycles. The van der Waals surface area contributed by atoms with E-state index in [1.54, 1.807) is 6.07 Å². The van der Waals surface area contributed by atoms with Gasteiger partial charge in [0, 0.05) is 18.0 Å². The minimum Gasteiger partial charge on any atom is -0.383 e. The van der Waals surface area contributed by atoms with Crippen molar-refractivity contribution in [3.63, 3.8) is 0 Å². The van der Waals surface area contributed by atoms with Gasteiger partial charge in [-0.05, 0) is 5.41 Å². The Balaban J connectivity index is 2.24. The van der Waals surface area contributed by atoms with Gasteiger partial charge in [-0.15, -0.1) is 0 Å². The van der Waals surface area contributed by atoms with E-state index in [9.17, 15) is 9.90 Å². The Morgan fingerprint density at radius 3 is 2.43 bits per heavy atom. The van der Waals surface area contributed by atoms with Gasteiger partial charge < -0.3 is 14.9 Å². The molecular formula is C16H24ClN3O3. The highest BCUT2D eigenvalue weighted by Gasteiger charge is 2.41. The largest absolute Gasteiger partial charge is 0.383 e. The van der Waals surface area contributed by atoms with Crippen molar-refractivity contribution in [1.29, 1.82) is 0 Å². The Morgan fingerprint density at radius 2 is 1.96 bits per heavy atom. The molecule has 1 aromatic rings. The van der Waals surface area contributed by atoms with Crippen LogP contribution in [0.15, 0.2) is 21.3 Å². The molecule has 0 spiro atoms. The molecule has 7 heteroatoms. The van der Waals surface area contributed by atoms with Crippen LogP contribution in [0.1, 0.15) is 47.3 Å². The number of rotatable bonds is 3. The number of carbonyl (C=O) groups excluding carboxylic acids is 1. The minimum absolute atomic E-state index is 0.0202. The lowest BCUT2D eigenvalue weighted by Crippen LogP contribution is -2.39. The number of hydrogen-bond donors (Lipinski definition) is 2. The molecule has 0 aromatic carbocycles. The van der Waals surface area contributed by atoms with E-state index >= 15 is 0 Å². The highest BCUT2D eigenvalue weighted by Crippen LogP contribution is 2.33. The zero-order valence-corrected chi connectivity index (χ0v) is 15.2. The number of hydrogen-bond acceptors (Lipinski definition) is 5. The second kappa shape index (κ2) is 5.83. The summed E-state index contributed by atoms with van der Waals surface area (Å²) in [6.07, 6.45) is -1.20. The van der Waals surface area contributed by atoms with Crippen LogP contribution in [0.2, 0.25) is 0 Å². The zero-order valence-electron chi connectivity index (χ0n) is 14.4. The van der Waals surface area contributed by atoms with E-state index in [1.807, 2.05) is 41.5 Å². The Labute approximate surface area is 141 Å². The Kier molecular flexibility index (Phi) is 4.52. The monoisotopic (exact) mass is 341 g/mol. The van der Waals surface area contributed by atoms with Crippen molar-refractivity contribution >= 4 is 23.3 Å². The molecule has 0 saturated carbocycles. The van der Waals surface area contributed by atoms with Crippen LogP contribution in [0, 0.1) is 5.41 Å². The zero-order chi connectivity index (χ0) is 17.6. The Bertz CT molecular complexity index is 638. The number of aromatic nitrogens is 1. The molecule has 2 heterocycles. The maximum atomic E-state index is 12.4. The summed E-state index contributed by atoms with van der Waals surface area (Å²) in [5.41, 5.74) is 0.0314. The van der Waals surface area contributed by atoms with Gasteiger partial charge in [0.1, 0.15) is 10.8 Å². The average molecular weight is 342 g/mol. The second-order valence-electron chi connectivity index (χ2n) is 7.99. The number of nitrogens with zero attached hydrogens (tertiary/aromatic N) is 2. The molecule has 1 aliphatic rings. The molecule has 128 valence electrons. The molecular weight excluding hydrogens is 318 g/mol. The molecule has 2 rings (SSSR count). The standard InChI is InChI=1S/C16H24ClN3O3/c1-15(2,3)8-18-12-11(17)13(21)20(14(12)22)10-7-9(23-19-10)16(4,5)6/h7,14,18,22H,8H2,1-6H3. The van der Waals surface area contributed by atoms with Gasteiger partial charge in [0.05, 0.1) is 5.70 Å². The predicted octanol–water partition coefficient (Wildman–Crippen LogP) is 2.72. The fraction of sp³-hybridized carbons (Fsp3) is 0.625. The number of aliphatic hydroxyl groups excluding tert-OH is 1. The van der Waals surface area contributed by atoms with E-state index < -0.39 is 12.1 Å². The van der Waals surface area contributed by atoms with E-state index in [4.69, 9.17) is 16.1 Å². The van der Waals surface area contributed by atoms with Crippen molar-refractivity contribution < 1.29 is 14.4 Å². The topological polar surface area (TPSA) is 78.6 Å². The minimum atomic E-state index is -1.20. The van der Waals surface area contributed by atoms with Gasteiger partial charge >= 0.3 is 0 Å². The molecule has 23 heavy (non-hydrogen) atoms.